The van der Waals surface area contributed by atoms with Crippen LogP contribution in [0, 0.1) is 6.92 Å². The molecule has 1 atom stereocenters. The Morgan fingerprint density at radius 2 is 2.05 bits per heavy atom. The summed E-state index contributed by atoms with van der Waals surface area (Å²) < 4.78 is 33.4. The highest BCUT2D eigenvalue weighted by molar-refractivity contribution is 9.10. The van der Waals surface area contributed by atoms with Gasteiger partial charge in [-0.3, -0.25) is 0 Å². The largest absolute Gasteiger partial charge is 0.457 e. The summed E-state index contributed by atoms with van der Waals surface area (Å²) in [5.74, 6) is -0.627. The Morgan fingerprint density at radius 3 is 2.55 bits per heavy atom. The Hall–Kier alpha value is -0.960. The standard InChI is InChI=1S/C12H16BrNO5S/c1-7(6-18-3)19-12(15)10-4-9(13)5-11(8(10)2)20(14,16)17/h4-5,7H,6H2,1-3H3,(H2,14,16,17). The molecule has 0 saturated carbocycles. The van der Waals surface area contributed by atoms with E-state index in [4.69, 9.17) is 14.6 Å². The number of primary sulfonamides is 1. The summed E-state index contributed by atoms with van der Waals surface area (Å²) in [6, 6.07) is 2.84. The quantitative estimate of drug-likeness (QED) is 0.799. The van der Waals surface area contributed by atoms with E-state index in [0.717, 1.165) is 0 Å². The average Bonchev–Trinajstić information content (AvgIpc) is 2.30. The second-order valence-corrected chi connectivity index (χ2v) is 6.74. The molecule has 0 saturated heterocycles. The van der Waals surface area contributed by atoms with Crippen molar-refractivity contribution < 1.29 is 22.7 Å². The molecule has 1 rings (SSSR count). The number of nitrogens with two attached hydrogens (primary N) is 1. The number of methoxy groups -OCH3 is 1. The van der Waals surface area contributed by atoms with E-state index in [1.54, 1.807) is 6.92 Å². The molecule has 0 aromatic heterocycles. The summed E-state index contributed by atoms with van der Waals surface area (Å²) in [4.78, 5) is 11.9. The summed E-state index contributed by atoms with van der Waals surface area (Å²) >= 11 is 3.15. The third-order valence-corrected chi connectivity index (χ3v) is 4.06. The van der Waals surface area contributed by atoms with E-state index in [1.807, 2.05) is 0 Å². The van der Waals surface area contributed by atoms with Gasteiger partial charge in [0.05, 0.1) is 17.1 Å². The number of esters is 1. The maximum Gasteiger partial charge on any atom is 0.338 e. The molecule has 1 unspecified atom stereocenters. The number of sulfonamides is 1. The van der Waals surface area contributed by atoms with E-state index >= 15 is 0 Å². The minimum absolute atomic E-state index is 0.113. The summed E-state index contributed by atoms with van der Waals surface area (Å²) in [5.41, 5.74) is 0.400. The lowest BCUT2D eigenvalue weighted by Crippen LogP contribution is -2.21. The fourth-order valence-electron chi connectivity index (χ4n) is 1.68. The molecule has 0 spiro atoms. The van der Waals surface area contributed by atoms with Gasteiger partial charge in [-0.05, 0) is 31.5 Å². The van der Waals surface area contributed by atoms with Crippen LogP contribution >= 0.6 is 15.9 Å². The summed E-state index contributed by atoms with van der Waals surface area (Å²) in [7, 11) is -2.42. The summed E-state index contributed by atoms with van der Waals surface area (Å²) in [6.07, 6.45) is -0.441. The molecule has 0 aliphatic heterocycles. The van der Waals surface area contributed by atoms with Gasteiger partial charge in [0, 0.05) is 11.6 Å². The maximum absolute atomic E-state index is 12.0. The molecule has 0 amide bonds. The first-order valence-electron chi connectivity index (χ1n) is 5.69. The Balaban J connectivity index is 3.19. The minimum Gasteiger partial charge on any atom is -0.457 e. The average molecular weight is 366 g/mol. The van der Waals surface area contributed by atoms with Crippen molar-refractivity contribution in [2.45, 2.75) is 24.8 Å². The fraction of sp³-hybridized carbons (Fsp3) is 0.417. The maximum atomic E-state index is 12.0. The van der Waals surface area contributed by atoms with Gasteiger partial charge in [-0.1, -0.05) is 15.9 Å². The van der Waals surface area contributed by atoms with Crippen molar-refractivity contribution >= 4 is 31.9 Å². The number of benzene rings is 1. The molecule has 0 aliphatic rings. The van der Waals surface area contributed by atoms with Crippen LogP contribution in [0.1, 0.15) is 22.8 Å². The van der Waals surface area contributed by atoms with E-state index in [-0.39, 0.29) is 22.6 Å². The zero-order valence-corrected chi connectivity index (χ0v) is 13.7. The van der Waals surface area contributed by atoms with Gasteiger partial charge in [0.15, 0.2) is 0 Å². The van der Waals surface area contributed by atoms with Crippen LogP contribution in [0.3, 0.4) is 0 Å². The molecule has 0 fully saturated rings. The number of hydrogen-bond donors (Lipinski definition) is 1. The zero-order valence-electron chi connectivity index (χ0n) is 11.3. The highest BCUT2D eigenvalue weighted by Crippen LogP contribution is 2.24. The van der Waals surface area contributed by atoms with Crippen LogP contribution in [-0.4, -0.2) is 34.2 Å². The molecule has 0 radical (unpaired) electrons. The highest BCUT2D eigenvalue weighted by Gasteiger charge is 2.21. The number of carbonyl (C=O) groups excluding carboxylic acids is 1. The Morgan fingerprint density at radius 1 is 1.45 bits per heavy atom. The normalized spacial score (nSPS) is 13.1. The number of carbonyl (C=O) groups is 1. The predicted molar refractivity (Wildman–Crippen MR) is 77.0 cm³/mol. The van der Waals surface area contributed by atoms with Crippen LogP contribution in [0.25, 0.3) is 0 Å². The van der Waals surface area contributed by atoms with Gasteiger partial charge < -0.3 is 9.47 Å². The van der Waals surface area contributed by atoms with Gasteiger partial charge in [-0.25, -0.2) is 18.4 Å². The minimum atomic E-state index is -3.91. The zero-order chi connectivity index (χ0) is 15.5. The number of ether oxygens (including phenoxy) is 2. The Kier molecular flexibility index (Phi) is 5.69. The monoisotopic (exact) mass is 365 g/mol. The van der Waals surface area contributed by atoms with Crippen LogP contribution in [-0.2, 0) is 19.5 Å². The third kappa shape index (κ3) is 4.27. The van der Waals surface area contributed by atoms with Crippen molar-refractivity contribution in [1.82, 2.24) is 0 Å². The molecule has 6 nitrogen and oxygen atoms in total. The van der Waals surface area contributed by atoms with Crippen LogP contribution in [0.5, 0.6) is 0 Å². The van der Waals surface area contributed by atoms with Crippen molar-refractivity contribution in [2.24, 2.45) is 5.14 Å². The first kappa shape index (κ1) is 17.1. The Bertz CT molecular complexity index is 615. The number of hydrogen-bond acceptors (Lipinski definition) is 5. The van der Waals surface area contributed by atoms with Gasteiger partial charge in [-0.15, -0.1) is 0 Å². The first-order valence-corrected chi connectivity index (χ1v) is 8.03. The van der Waals surface area contributed by atoms with Crippen molar-refractivity contribution in [3.63, 3.8) is 0 Å². The van der Waals surface area contributed by atoms with Gasteiger partial charge in [0.1, 0.15) is 6.10 Å². The first-order chi connectivity index (χ1) is 9.16. The van der Waals surface area contributed by atoms with Gasteiger partial charge in [0.25, 0.3) is 0 Å². The van der Waals surface area contributed by atoms with E-state index in [1.165, 1.54) is 26.2 Å². The molecule has 2 N–H and O–H groups in total. The lowest BCUT2D eigenvalue weighted by atomic mass is 10.1. The molecule has 112 valence electrons. The van der Waals surface area contributed by atoms with Crippen LogP contribution in [0.15, 0.2) is 21.5 Å². The molecule has 20 heavy (non-hydrogen) atoms. The van der Waals surface area contributed by atoms with Crippen molar-refractivity contribution in [2.75, 3.05) is 13.7 Å². The van der Waals surface area contributed by atoms with Crippen molar-refractivity contribution in [3.05, 3.63) is 27.7 Å². The van der Waals surface area contributed by atoms with Gasteiger partial charge in [0.2, 0.25) is 10.0 Å². The van der Waals surface area contributed by atoms with Crippen LogP contribution in [0.2, 0.25) is 0 Å². The smallest absolute Gasteiger partial charge is 0.338 e. The lowest BCUT2D eigenvalue weighted by Gasteiger charge is -2.15. The second-order valence-electron chi connectivity index (χ2n) is 4.29. The molecular formula is C12H16BrNO5S. The predicted octanol–water partition coefficient (Wildman–Crippen LogP) is 1.60. The van der Waals surface area contributed by atoms with Crippen molar-refractivity contribution in [3.8, 4) is 0 Å². The third-order valence-electron chi connectivity index (χ3n) is 2.56. The van der Waals surface area contributed by atoms with Crippen LogP contribution < -0.4 is 5.14 Å². The van der Waals surface area contributed by atoms with Crippen molar-refractivity contribution in [1.29, 1.82) is 0 Å². The lowest BCUT2D eigenvalue weighted by molar-refractivity contribution is 0.0119. The summed E-state index contributed by atoms with van der Waals surface area (Å²) in [5, 5.41) is 5.12. The van der Waals surface area contributed by atoms with E-state index in [9.17, 15) is 13.2 Å². The molecule has 8 heteroatoms. The van der Waals surface area contributed by atoms with E-state index in [0.29, 0.717) is 4.47 Å². The van der Waals surface area contributed by atoms with E-state index < -0.39 is 22.1 Å². The molecule has 0 bridgehead atoms. The molecule has 1 aromatic carbocycles. The molecular weight excluding hydrogens is 350 g/mol. The summed E-state index contributed by atoms with van der Waals surface area (Å²) in [6.45, 7) is 3.43. The molecule has 0 aliphatic carbocycles. The second kappa shape index (κ2) is 6.66. The topological polar surface area (TPSA) is 95.7 Å². The number of rotatable bonds is 5. The molecule has 1 aromatic rings. The Labute approximate surface area is 126 Å². The van der Waals surface area contributed by atoms with E-state index in [2.05, 4.69) is 15.9 Å². The van der Waals surface area contributed by atoms with Gasteiger partial charge >= 0.3 is 5.97 Å². The number of halogens is 1. The molecule has 0 heterocycles. The SMILES string of the molecule is COCC(C)OC(=O)c1cc(Br)cc(S(N)(=O)=O)c1C. The van der Waals surface area contributed by atoms with Gasteiger partial charge in [-0.2, -0.15) is 0 Å². The fourth-order valence-corrected chi connectivity index (χ4v) is 3.11. The highest BCUT2D eigenvalue weighted by atomic mass is 79.9. The van der Waals surface area contributed by atoms with Crippen LogP contribution in [0.4, 0.5) is 0 Å².